The van der Waals surface area contributed by atoms with Crippen molar-refractivity contribution in [1.82, 2.24) is 4.90 Å². The molecule has 0 spiro atoms. The number of nitrogens with one attached hydrogen (secondary N) is 1. The topological polar surface area (TPSA) is 58.4 Å². The number of hydrogen-bond donors (Lipinski definition) is 2. The minimum atomic E-state index is 0.125. The minimum absolute atomic E-state index is 0.125. The number of thiophene rings is 1. The number of fused-ring (bicyclic) bond motifs is 1. The summed E-state index contributed by atoms with van der Waals surface area (Å²) in [6.45, 7) is 4.52. The maximum Gasteiger partial charge on any atom is 0.264 e. The van der Waals surface area contributed by atoms with E-state index >= 15 is 0 Å². The summed E-state index contributed by atoms with van der Waals surface area (Å²) in [6, 6.07) is 8.88. The fourth-order valence-corrected chi connectivity index (χ4v) is 4.70. The average Bonchev–Trinajstić information content (AvgIpc) is 3.20. The van der Waals surface area contributed by atoms with Crippen molar-refractivity contribution in [2.75, 3.05) is 25.0 Å². The smallest absolute Gasteiger partial charge is 0.264 e. The summed E-state index contributed by atoms with van der Waals surface area (Å²) >= 11 is 1.60. The van der Waals surface area contributed by atoms with E-state index in [1.807, 2.05) is 11.8 Å². The van der Waals surface area contributed by atoms with Crippen LogP contribution in [-0.2, 0) is 6.42 Å². The number of aryl methyl sites for hydroxylation is 2. The summed E-state index contributed by atoms with van der Waals surface area (Å²) in [7, 11) is 0. The molecule has 1 saturated heterocycles. The number of benzene rings is 1. The van der Waals surface area contributed by atoms with Crippen LogP contribution in [0.2, 0.25) is 0 Å². The molecule has 1 atom stereocenters. The second-order valence-electron chi connectivity index (χ2n) is 6.82. The maximum atomic E-state index is 12.8. The second kappa shape index (κ2) is 6.22. The number of carbonyl (C=O) groups excluding carboxylic acids is 1. The lowest BCUT2D eigenvalue weighted by molar-refractivity contribution is 0.0795. The van der Waals surface area contributed by atoms with Crippen LogP contribution < -0.4 is 11.1 Å². The molecule has 2 aliphatic heterocycles. The number of amides is 1. The Balaban J connectivity index is 1.62. The molecule has 3 heterocycles. The van der Waals surface area contributed by atoms with Gasteiger partial charge in [-0.1, -0.05) is 12.1 Å². The Morgan fingerprint density at radius 3 is 3.04 bits per heavy atom. The highest BCUT2D eigenvalue weighted by Gasteiger charge is 2.27. The number of nitrogens with two attached hydrogens (primary N) is 1. The first-order valence-electron chi connectivity index (χ1n) is 8.64. The van der Waals surface area contributed by atoms with Gasteiger partial charge in [-0.05, 0) is 55.0 Å². The van der Waals surface area contributed by atoms with Crippen LogP contribution in [0.1, 0.15) is 33.6 Å². The highest BCUT2D eigenvalue weighted by Crippen LogP contribution is 2.35. The van der Waals surface area contributed by atoms with Crippen molar-refractivity contribution in [3.8, 4) is 10.4 Å². The third-order valence-electron chi connectivity index (χ3n) is 4.96. The van der Waals surface area contributed by atoms with E-state index in [9.17, 15) is 4.79 Å². The van der Waals surface area contributed by atoms with Crippen LogP contribution in [0.5, 0.6) is 0 Å². The lowest BCUT2D eigenvalue weighted by Gasteiger charge is -2.18. The molecule has 2 aliphatic rings. The standard InChI is InChI=1S/C19H23N3OS/c1-12-9-17(14-5-4-13-3-2-7-21-16(13)10-14)24-18(12)19(23)22-8-6-15(20)11-22/h4-5,9-10,15,21H,2-3,6-8,11,20H2,1H3/t15-/m0/s1. The fourth-order valence-electron chi connectivity index (χ4n) is 3.57. The highest BCUT2D eigenvalue weighted by atomic mass is 32.1. The lowest BCUT2D eigenvalue weighted by atomic mass is 10.0. The normalized spacial score (nSPS) is 19.9. The van der Waals surface area contributed by atoms with Crippen LogP contribution in [-0.4, -0.2) is 36.5 Å². The number of likely N-dealkylation sites (tertiary alicyclic amines) is 1. The number of hydrogen-bond acceptors (Lipinski definition) is 4. The summed E-state index contributed by atoms with van der Waals surface area (Å²) in [5, 5.41) is 3.48. The van der Waals surface area contributed by atoms with Crippen molar-refractivity contribution in [2.24, 2.45) is 5.73 Å². The Morgan fingerprint density at radius 2 is 2.25 bits per heavy atom. The Hall–Kier alpha value is -1.85. The largest absolute Gasteiger partial charge is 0.385 e. The van der Waals surface area contributed by atoms with Gasteiger partial charge in [-0.2, -0.15) is 0 Å². The van der Waals surface area contributed by atoms with Gasteiger partial charge in [0.15, 0.2) is 0 Å². The quantitative estimate of drug-likeness (QED) is 0.881. The van der Waals surface area contributed by atoms with Gasteiger partial charge in [0, 0.05) is 36.2 Å². The second-order valence-corrected chi connectivity index (χ2v) is 7.88. The van der Waals surface area contributed by atoms with E-state index in [4.69, 9.17) is 5.73 Å². The number of rotatable bonds is 2. The maximum absolute atomic E-state index is 12.8. The van der Waals surface area contributed by atoms with Crippen molar-refractivity contribution >= 4 is 22.9 Å². The van der Waals surface area contributed by atoms with Crippen LogP contribution >= 0.6 is 11.3 Å². The zero-order valence-electron chi connectivity index (χ0n) is 14.0. The monoisotopic (exact) mass is 341 g/mol. The van der Waals surface area contributed by atoms with Crippen molar-refractivity contribution in [3.05, 3.63) is 40.3 Å². The first-order valence-corrected chi connectivity index (χ1v) is 9.46. The van der Waals surface area contributed by atoms with Gasteiger partial charge in [-0.3, -0.25) is 4.79 Å². The molecule has 4 nitrogen and oxygen atoms in total. The zero-order valence-corrected chi connectivity index (χ0v) is 14.8. The molecule has 1 aromatic carbocycles. The van der Waals surface area contributed by atoms with Crippen molar-refractivity contribution < 1.29 is 4.79 Å². The van der Waals surface area contributed by atoms with Gasteiger partial charge in [-0.15, -0.1) is 11.3 Å². The highest BCUT2D eigenvalue weighted by molar-refractivity contribution is 7.17. The number of nitrogens with zero attached hydrogens (tertiary/aromatic N) is 1. The molecule has 0 aliphatic carbocycles. The van der Waals surface area contributed by atoms with Crippen LogP contribution in [0, 0.1) is 6.92 Å². The fraction of sp³-hybridized carbons (Fsp3) is 0.421. The molecule has 126 valence electrons. The van der Waals surface area contributed by atoms with Gasteiger partial charge in [0.05, 0.1) is 4.88 Å². The van der Waals surface area contributed by atoms with Gasteiger partial charge >= 0.3 is 0 Å². The van der Waals surface area contributed by atoms with E-state index in [-0.39, 0.29) is 11.9 Å². The third-order valence-corrected chi connectivity index (χ3v) is 6.23. The van der Waals surface area contributed by atoms with E-state index < -0.39 is 0 Å². The average molecular weight is 341 g/mol. The summed E-state index contributed by atoms with van der Waals surface area (Å²) in [4.78, 5) is 16.7. The van der Waals surface area contributed by atoms with E-state index in [0.717, 1.165) is 41.2 Å². The van der Waals surface area contributed by atoms with E-state index in [2.05, 4.69) is 29.6 Å². The molecule has 0 saturated carbocycles. The van der Waals surface area contributed by atoms with Gasteiger partial charge < -0.3 is 16.0 Å². The molecule has 1 amide bonds. The molecule has 1 fully saturated rings. The molecule has 4 rings (SSSR count). The Kier molecular flexibility index (Phi) is 4.06. The van der Waals surface area contributed by atoms with Gasteiger partial charge in [0.1, 0.15) is 0 Å². The molecule has 0 unspecified atom stereocenters. The molecular weight excluding hydrogens is 318 g/mol. The summed E-state index contributed by atoms with van der Waals surface area (Å²) in [5.41, 5.74) is 10.8. The molecule has 5 heteroatoms. The summed E-state index contributed by atoms with van der Waals surface area (Å²) in [5.74, 6) is 0.132. The first kappa shape index (κ1) is 15.7. The zero-order chi connectivity index (χ0) is 16.7. The molecule has 2 aromatic rings. The van der Waals surface area contributed by atoms with Crippen LogP contribution in [0.15, 0.2) is 24.3 Å². The Morgan fingerprint density at radius 1 is 1.38 bits per heavy atom. The molecular formula is C19H23N3OS. The Bertz CT molecular complexity index is 783. The van der Waals surface area contributed by atoms with Crippen molar-refractivity contribution in [1.29, 1.82) is 0 Å². The molecule has 3 N–H and O–H groups in total. The first-order chi connectivity index (χ1) is 11.6. The SMILES string of the molecule is Cc1cc(-c2ccc3c(c2)NCCC3)sc1C(=O)N1CC[C@H](N)C1. The van der Waals surface area contributed by atoms with E-state index in [1.54, 1.807) is 11.3 Å². The van der Waals surface area contributed by atoms with Gasteiger partial charge in [-0.25, -0.2) is 0 Å². The van der Waals surface area contributed by atoms with Crippen molar-refractivity contribution in [2.45, 2.75) is 32.2 Å². The van der Waals surface area contributed by atoms with Gasteiger partial charge in [0.25, 0.3) is 5.91 Å². The molecule has 0 radical (unpaired) electrons. The van der Waals surface area contributed by atoms with Crippen LogP contribution in [0.4, 0.5) is 5.69 Å². The Labute approximate surface area is 146 Å². The predicted octanol–water partition coefficient (Wildman–Crippen LogP) is 3.25. The van der Waals surface area contributed by atoms with Crippen LogP contribution in [0.25, 0.3) is 10.4 Å². The minimum Gasteiger partial charge on any atom is -0.385 e. The predicted molar refractivity (Wildman–Crippen MR) is 99.8 cm³/mol. The third kappa shape index (κ3) is 2.82. The van der Waals surface area contributed by atoms with Gasteiger partial charge in [0.2, 0.25) is 0 Å². The molecule has 1 aromatic heterocycles. The molecule has 0 bridgehead atoms. The number of anilines is 1. The van der Waals surface area contributed by atoms with Crippen LogP contribution in [0.3, 0.4) is 0 Å². The van der Waals surface area contributed by atoms with Crippen molar-refractivity contribution in [3.63, 3.8) is 0 Å². The summed E-state index contributed by atoms with van der Waals surface area (Å²) < 4.78 is 0. The lowest BCUT2D eigenvalue weighted by Crippen LogP contribution is -2.31. The number of carbonyl (C=O) groups is 1. The van der Waals surface area contributed by atoms with E-state index in [1.165, 1.54) is 23.2 Å². The summed E-state index contributed by atoms with van der Waals surface area (Å²) in [6.07, 6.45) is 3.24. The van der Waals surface area contributed by atoms with E-state index in [0.29, 0.717) is 6.54 Å². The molecule has 24 heavy (non-hydrogen) atoms.